The molecule has 1 saturated carbocycles. The number of hydrogen-bond acceptors (Lipinski definition) is 4. The molecule has 166 valence electrons. The van der Waals surface area contributed by atoms with Crippen LogP contribution in [0.1, 0.15) is 43.2 Å². The van der Waals surface area contributed by atoms with Crippen molar-refractivity contribution in [2.24, 2.45) is 0 Å². The van der Waals surface area contributed by atoms with Gasteiger partial charge in [-0.3, -0.25) is 24.2 Å². The Morgan fingerprint density at radius 2 is 1.78 bits per heavy atom. The van der Waals surface area contributed by atoms with Crippen LogP contribution in [0.4, 0.5) is 11.4 Å². The summed E-state index contributed by atoms with van der Waals surface area (Å²) < 4.78 is 0. The Bertz CT molecular complexity index is 1060. The van der Waals surface area contributed by atoms with Crippen LogP contribution in [0, 0.1) is 6.92 Å². The molecule has 3 aliphatic rings. The van der Waals surface area contributed by atoms with E-state index in [-0.39, 0.29) is 36.1 Å². The Kier molecular flexibility index (Phi) is 5.45. The number of amides is 3. The van der Waals surface area contributed by atoms with Gasteiger partial charge < -0.3 is 5.32 Å². The van der Waals surface area contributed by atoms with Gasteiger partial charge in [-0.2, -0.15) is 0 Å². The lowest BCUT2D eigenvalue weighted by molar-refractivity contribution is -0.126. The second-order valence-corrected chi connectivity index (χ2v) is 9.98. The molecule has 2 fully saturated rings. The lowest BCUT2D eigenvalue weighted by atomic mass is 9.95. The van der Waals surface area contributed by atoms with Crippen molar-refractivity contribution >= 4 is 40.9 Å². The Morgan fingerprint density at radius 3 is 2.53 bits per heavy atom. The summed E-state index contributed by atoms with van der Waals surface area (Å²) in [6.45, 7) is 1.95. The number of nitrogens with zero attached hydrogens (tertiary/aromatic N) is 2. The number of nitrogens with one attached hydrogen (secondary N) is 1. The SMILES string of the molecule is Cc1ccc(N2C(=O)CSC23C(=O)N(CC(=O)NC2CCCCC2)c2ccccc23)cc1. The van der Waals surface area contributed by atoms with Crippen molar-refractivity contribution in [2.45, 2.75) is 49.9 Å². The van der Waals surface area contributed by atoms with Gasteiger partial charge in [0.1, 0.15) is 6.54 Å². The number of rotatable bonds is 4. The highest BCUT2D eigenvalue weighted by Crippen LogP contribution is 2.55. The van der Waals surface area contributed by atoms with E-state index in [4.69, 9.17) is 0 Å². The van der Waals surface area contributed by atoms with Crippen molar-refractivity contribution in [1.82, 2.24) is 5.32 Å². The molecular formula is C25H27N3O3S. The first kappa shape index (κ1) is 21.1. The van der Waals surface area contributed by atoms with E-state index in [2.05, 4.69) is 5.32 Å². The first-order valence-electron chi connectivity index (χ1n) is 11.3. The first-order valence-corrected chi connectivity index (χ1v) is 12.2. The van der Waals surface area contributed by atoms with E-state index >= 15 is 0 Å². The maximum Gasteiger partial charge on any atom is 0.269 e. The highest BCUT2D eigenvalue weighted by molar-refractivity contribution is 8.02. The number of hydrogen-bond donors (Lipinski definition) is 1. The van der Waals surface area contributed by atoms with Crippen LogP contribution in [0.5, 0.6) is 0 Å². The molecule has 0 radical (unpaired) electrons. The predicted octanol–water partition coefficient (Wildman–Crippen LogP) is 3.72. The fraction of sp³-hybridized carbons (Fsp3) is 0.400. The summed E-state index contributed by atoms with van der Waals surface area (Å²) in [6.07, 6.45) is 5.46. The summed E-state index contributed by atoms with van der Waals surface area (Å²) in [5.74, 6) is -0.256. The molecule has 0 aromatic heterocycles. The molecule has 1 saturated heterocycles. The minimum absolute atomic E-state index is 0.0371. The molecule has 0 bridgehead atoms. The molecular weight excluding hydrogens is 422 g/mol. The molecule has 7 heteroatoms. The van der Waals surface area contributed by atoms with Crippen LogP contribution in [-0.2, 0) is 19.3 Å². The smallest absolute Gasteiger partial charge is 0.269 e. The minimum atomic E-state index is -1.17. The van der Waals surface area contributed by atoms with E-state index in [1.807, 2.05) is 55.5 Å². The number of anilines is 2. The van der Waals surface area contributed by atoms with E-state index in [1.54, 1.807) is 9.80 Å². The quantitative estimate of drug-likeness (QED) is 0.772. The topological polar surface area (TPSA) is 69.7 Å². The summed E-state index contributed by atoms with van der Waals surface area (Å²) >= 11 is 1.34. The van der Waals surface area contributed by atoms with Crippen molar-refractivity contribution in [3.8, 4) is 0 Å². The van der Waals surface area contributed by atoms with Crippen molar-refractivity contribution in [2.75, 3.05) is 22.1 Å². The maximum absolute atomic E-state index is 13.9. The van der Waals surface area contributed by atoms with Crippen LogP contribution in [0.25, 0.3) is 0 Å². The van der Waals surface area contributed by atoms with Crippen molar-refractivity contribution in [3.05, 3.63) is 59.7 Å². The molecule has 2 aliphatic heterocycles. The van der Waals surface area contributed by atoms with Gasteiger partial charge >= 0.3 is 0 Å². The van der Waals surface area contributed by atoms with Crippen LogP contribution >= 0.6 is 11.8 Å². The Hall–Kier alpha value is -2.80. The second-order valence-electron chi connectivity index (χ2n) is 8.81. The van der Waals surface area contributed by atoms with Crippen LogP contribution in [0.15, 0.2) is 48.5 Å². The molecule has 2 heterocycles. The van der Waals surface area contributed by atoms with Gasteiger partial charge in [-0.05, 0) is 38.0 Å². The average Bonchev–Trinajstić information content (AvgIpc) is 3.26. The van der Waals surface area contributed by atoms with Crippen LogP contribution in [0.3, 0.4) is 0 Å². The molecule has 2 aromatic rings. The second kappa shape index (κ2) is 8.28. The van der Waals surface area contributed by atoms with E-state index in [1.165, 1.54) is 18.2 Å². The highest BCUT2D eigenvalue weighted by atomic mass is 32.2. The minimum Gasteiger partial charge on any atom is -0.352 e. The fourth-order valence-corrected chi connectivity index (χ4v) is 6.43. The van der Waals surface area contributed by atoms with Gasteiger partial charge in [0.25, 0.3) is 5.91 Å². The Morgan fingerprint density at radius 1 is 1.06 bits per heavy atom. The largest absolute Gasteiger partial charge is 0.352 e. The number of benzene rings is 2. The van der Waals surface area contributed by atoms with Gasteiger partial charge in [0.15, 0.2) is 0 Å². The van der Waals surface area contributed by atoms with E-state index < -0.39 is 4.87 Å². The number of para-hydroxylation sites is 1. The third-order valence-corrected chi connectivity index (χ3v) is 8.01. The van der Waals surface area contributed by atoms with Gasteiger partial charge in [-0.1, -0.05) is 55.2 Å². The first-order chi connectivity index (χ1) is 15.5. The van der Waals surface area contributed by atoms with Gasteiger partial charge in [0.05, 0.1) is 11.4 Å². The summed E-state index contributed by atoms with van der Waals surface area (Å²) in [6, 6.07) is 15.4. The van der Waals surface area contributed by atoms with Crippen LogP contribution in [0.2, 0.25) is 0 Å². The predicted molar refractivity (Wildman–Crippen MR) is 127 cm³/mol. The third kappa shape index (κ3) is 3.39. The summed E-state index contributed by atoms with van der Waals surface area (Å²) in [5.41, 5.74) is 3.26. The Labute approximate surface area is 192 Å². The summed E-state index contributed by atoms with van der Waals surface area (Å²) in [5, 5.41) is 3.11. The molecule has 1 unspecified atom stereocenters. The molecule has 5 rings (SSSR count). The van der Waals surface area contributed by atoms with E-state index in [9.17, 15) is 14.4 Å². The number of fused-ring (bicyclic) bond motifs is 2. The number of thioether (sulfide) groups is 1. The van der Waals surface area contributed by atoms with Crippen LogP contribution in [-0.4, -0.2) is 36.1 Å². The van der Waals surface area contributed by atoms with E-state index in [0.717, 1.165) is 36.8 Å². The zero-order valence-electron chi connectivity index (χ0n) is 18.2. The van der Waals surface area contributed by atoms with Gasteiger partial charge in [-0.15, -0.1) is 11.8 Å². The van der Waals surface area contributed by atoms with Crippen LogP contribution < -0.4 is 15.1 Å². The third-order valence-electron chi connectivity index (χ3n) is 6.63. The van der Waals surface area contributed by atoms with Crippen molar-refractivity contribution in [3.63, 3.8) is 0 Å². The Balaban J connectivity index is 1.48. The highest BCUT2D eigenvalue weighted by Gasteiger charge is 2.61. The standard InChI is InChI=1S/C25H27N3O3S/c1-17-11-13-19(14-12-17)28-23(30)16-32-25(28)20-9-5-6-10-21(20)27(24(25)31)15-22(29)26-18-7-3-2-4-8-18/h5-6,9-14,18H,2-4,7-8,15-16H2,1H3,(H,26,29). The maximum atomic E-state index is 13.9. The number of carbonyl (C=O) groups excluding carboxylic acids is 3. The molecule has 32 heavy (non-hydrogen) atoms. The van der Waals surface area contributed by atoms with Gasteiger partial charge in [0, 0.05) is 17.3 Å². The average molecular weight is 450 g/mol. The van der Waals surface area contributed by atoms with E-state index in [0.29, 0.717) is 11.4 Å². The number of carbonyl (C=O) groups is 3. The molecule has 1 aliphatic carbocycles. The molecule has 1 N–H and O–H groups in total. The van der Waals surface area contributed by atoms with Gasteiger partial charge in [0.2, 0.25) is 16.7 Å². The monoisotopic (exact) mass is 449 g/mol. The lowest BCUT2D eigenvalue weighted by Crippen LogP contribution is -2.52. The molecule has 2 aromatic carbocycles. The zero-order valence-corrected chi connectivity index (χ0v) is 19.0. The fourth-order valence-electron chi connectivity index (χ4n) is 5.07. The number of aryl methyl sites for hydroxylation is 1. The normalized spacial score (nSPS) is 23.2. The zero-order chi connectivity index (χ0) is 22.3. The van der Waals surface area contributed by atoms with Crippen molar-refractivity contribution < 1.29 is 14.4 Å². The molecule has 6 nitrogen and oxygen atoms in total. The summed E-state index contributed by atoms with van der Waals surface area (Å²) in [4.78, 5) is 41.9. The van der Waals surface area contributed by atoms with Gasteiger partial charge in [-0.25, -0.2) is 0 Å². The van der Waals surface area contributed by atoms with Crippen molar-refractivity contribution in [1.29, 1.82) is 0 Å². The molecule has 3 amide bonds. The lowest BCUT2D eigenvalue weighted by Gasteiger charge is -2.33. The molecule has 1 spiro atoms. The summed E-state index contributed by atoms with van der Waals surface area (Å²) in [7, 11) is 0. The molecule has 1 atom stereocenters.